The van der Waals surface area contributed by atoms with Gasteiger partial charge >= 0.3 is 0 Å². The predicted octanol–water partition coefficient (Wildman–Crippen LogP) is 4.38. The number of carbonyl (C=O) groups excluding carboxylic acids is 2. The second-order valence-corrected chi connectivity index (χ2v) is 8.30. The Bertz CT molecular complexity index is 818. The Kier molecular flexibility index (Phi) is 8.90. The summed E-state index contributed by atoms with van der Waals surface area (Å²) < 4.78 is 5.88. The van der Waals surface area contributed by atoms with Crippen LogP contribution in [0.5, 0.6) is 5.75 Å². The Labute approximate surface area is 180 Å². The summed E-state index contributed by atoms with van der Waals surface area (Å²) in [6, 6.07) is 16.8. The van der Waals surface area contributed by atoms with Crippen molar-refractivity contribution in [1.29, 1.82) is 0 Å². The summed E-state index contributed by atoms with van der Waals surface area (Å²) in [5, 5.41) is 2.93. The molecule has 1 N–H and O–H groups in total. The molecular formula is C25H34N2O3. The lowest BCUT2D eigenvalue weighted by Gasteiger charge is -2.29. The van der Waals surface area contributed by atoms with Crippen LogP contribution in [0.1, 0.15) is 51.7 Å². The highest BCUT2D eigenvalue weighted by Crippen LogP contribution is 2.26. The molecule has 0 radical (unpaired) electrons. The van der Waals surface area contributed by atoms with Gasteiger partial charge in [-0.2, -0.15) is 0 Å². The third-order valence-electron chi connectivity index (χ3n) is 4.94. The Morgan fingerprint density at radius 3 is 2.20 bits per heavy atom. The van der Waals surface area contributed by atoms with E-state index in [-0.39, 0.29) is 24.3 Å². The Balaban J connectivity index is 2.14. The van der Waals surface area contributed by atoms with Crippen LogP contribution in [0.4, 0.5) is 0 Å². The highest BCUT2D eigenvalue weighted by atomic mass is 16.5. The Hall–Kier alpha value is -2.82. The van der Waals surface area contributed by atoms with Crippen LogP contribution in [0.15, 0.2) is 54.6 Å². The Morgan fingerprint density at radius 1 is 0.933 bits per heavy atom. The van der Waals surface area contributed by atoms with Gasteiger partial charge in [-0.1, -0.05) is 76.2 Å². The molecule has 0 saturated carbocycles. The fourth-order valence-electron chi connectivity index (χ4n) is 3.13. The summed E-state index contributed by atoms with van der Waals surface area (Å²) in [6.07, 6.45) is 0. The average Bonchev–Trinajstić information content (AvgIpc) is 2.74. The summed E-state index contributed by atoms with van der Waals surface area (Å²) in [4.78, 5) is 27.3. The maximum Gasteiger partial charge on any atom is 0.261 e. The van der Waals surface area contributed by atoms with Crippen molar-refractivity contribution < 1.29 is 14.3 Å². The normalized spacial score (nSPS) is 12.0. The molecule has 1 atom stereocenters. The van der Waals surface area contributed by atoms with Crippen LogP contribution < -0.4 is 10.1 Å². The minimum atomic E-state index is -0.597. The highest BCUT2D eigenvalue weighted by molar-refractivity contribution is 5.88. The maximum absolute atomic E-state index is 13.1. The smallest absolute Gasteiger partial charge is 0.261 e. The van der Waals surface area contributed by atoms with Crippen molar-refractivity contribution in [2.45, 2.75) is 53.1 Å². The van der Waals surface area contributed by atoms with Crippen LogP contribution in [-0.2, 0) is 16.1 Å². The molecule has 0 saturated heterocycles. The van der Waals surface area contributed by atoms with Gasteiger partial charge in [-0.25, -0.2) is 0 Å². The number of amides is 2. The van der Waals surface area contributed by atoms with Crippen LogP contribution in [0.25, 0.3) is 0 Å². The van der Waals surface area contributed by atoms with Gasteiger partial charge in [0.25, 0.3) is 5.91 Å². The Morgan fingerprint density at radius 2 is 1.57 bits per heavy atom. The van der Waals surface area contributed by atoms with E-state index in [1.807, 2.05) is 68.4 Å². The SMILES string of the molecule is CC(C)CNC(=O)[C@@H](C)N(Cc1ccccc1)C(=O)COc1ccccc1C(C)C. The number of benzene rings is 2. The first-order valence-electron chi connectivity index (χ1n) is 10.6. The van der Waals surface area contributed by atoms with Crippen molar-refractivity contribution in [3.63, 3.8) is 0 Å². The van der Waals surface area contributed by atoms with E-state index < -0.39 is 6.04 Å². The molecule has 2 amide bonds. The fraction of sp³-hybridized carbons (Fsp3) is 0.440. The summed E-state index contributed by atoms with van der Waals surface area (Å²) in [5.41, 5.74) is 2.03. The molecule has 0 aliphatic heterocycles. The zero-order valence-electron chi connectivity index (χ0n) is 18.7. The quantitative estimate of drug-likeness (QED) is 0.632. The van der Waals surface area contributed by atoms with Crippen molar-refractivity contribution in [1.82, 2.24) is 10.2 Å². The number of ether oxygens (including phenoxy) is 1. The van der Waals surface area contributed by atoms with E-state index in [2.05, 4.69) is 19.2 Å². The monoisotopic (exact) mass is 410 g/mol. The number of hydrogen-bond acceptors (Lipinski definition) is 3. The van der Waals surface area contributed by atoms with Crippen LogP contribution in [0, 0.1) is 5.92 Å². The molecular weight excluding hydrogens is 376 g/mol. The van der Waals surface area contributed by atoms with Gasteiger partial charge in [-0.3, -0.25) is 9.59 Å². The molecule has 0 aromatic heterocycles. The van der Waals surface area contributed by atoms with E-state index in [0.29, 0.717) is 24.8 Å². The summed E-state index contributed by atoms with van der Waals surface area (Å²) in [5.74, 6) is 0.963. The molecule has 0 aliphatic rings. The van der Waals surface area contributed by atoms with E-state index in [1.165, 1.54) is 0 Å². The van der Waals surface area contributed by atoms with Gasteiger partial charge in [-0.05, 0) is 36.0 Å². The van der Waals surface area contributed by atoms with Crippen molar-refractivity contribution in [3.8, 4) is 5.75 Å². The van der Waals surface area contributed by atoms with E-state index in [4.69, 9.17) is 4.74 Å². The number of nitrogens with one attached hydrogen (secondary N) is 1. The van der Waals surface area contributed by atoms with Crippen LogP contribution in [0.3, 0.4) is 0 Å². The van der Waals surface area contributed by atoms with E-state index >= 15 is 0 Å². The topological polar surface area (TPSA) is 58.6 Å². The van der Waals surface area contributed by atoms with Gasteiger partial charge in [0, 0.05) is 13.1 Å². The molecule has 5 heteroatoms. The van der Waals surface area contributed by atoms with Gasteiger partial charge in [0.2, 0.25) is 5.91 Å². The summed E-state index contributed by atoms with van der Waals surface area (Å²) in [6.45, 7) is 10.8. The van der Waals surface area contributed by atoms with Crippen molar-refractivity contribution in [2.24, 2.45) is 5.92 Å². The largest absolute Gasteiger partial charge is 0.483 e. The zero-order valence-corrected chi connectivity index (χ0v) is 18.7. The minimum Gasteiger partial charge on any atom is -0.483 e. The summed E-state index contributed by atoms with van der Waals surface area (Å²) >= 11 is 0. The molecule has 5 nitrogen and oxygen atoms in total. The average molecular weight is 411 g/mol. The molecule has 0 bridgehead atoms. The molecule has 2 rings (SSSR count). The first kappa shape index (κ1) is 23.5. The van der Waals surface area contributed by atoms with Gasteiger partial charge in [0.15, 0.2) is 6.61 Å². The van der Waals surface area contributed by atoms with Crippen LogP contribution >= 0.6 is 0 Å². The number of carbonyl (C=O) groups is 2. The van der Waals surface area contributed by atoms with E-state index in [1.54, 1.807) is 11.8 Å². The second-order valence-electron chi connectivity index (χ2n) is 8.30. The van der Waals surface area contributed by atoms with Crippen molar-refractivity contribution >= 4 is 11.8 Å². The lowest BCUT2D eigenvalue weighted by atomic mass is 10.0. The van der Waals surface area contributed by atoms with Crippen LogP contribution in [0.2, 0.25) is 0 Å². The predicted molar refractivity (Wildman–Crippen MR) is 120 cm³/mol. The number of hydrogen-bond donors (Lipinski definition) is 1. The molecule has 162 valence electrons. The lowest BCUT2D eigenvalue weighted by Crippen LogP contribution is -2.49. The lowest BCUT2D eigenvalue weighted by molar-refractivity contribution is -0.142. The highest BCUT2D eigenvalue weighted by Gasteiger charge is 2.26. The molecule has 2 aromatic carbocycles. The molecule has 0 fully saturated rings. The van der Waals surface area contributed by atoms with Gasteiger partial charge in [0.1, 0.15) is 11.8 Å². The van der Waals surface area contributed by atoms with E-state index in [0.717, 1.165) is 11.1 Å². The third-order valence-corrected chi connectivity index (χ3v) is 4.94. The first-order valence-corrected chi connectivity index (χ1v) is 10.6. The first-order chi connectivity index (χ1) is 14.3. The molecule has 0 heterocycles. The molecule has 0 unspecified atom stereocenters. The second kappa shape index (κ2) is 11.4. The fourth-order valence-corrected chi connectivity index (χ4v) is 3.13. The zero-order chi connectivity index (χ0) is 22.1. The number of para-hydroxylation sites is 1. The van der Waals surface area contributed by atoms with Crippen LogP contribution in [-0.4, -0.2) is 35.9 Å². The molecule has 30 heavy (non-hydrogen) atoms. The summed E-state index contributed by atoms with van der Waals surface area (Å²) in [7, 11) is 0. The minimum absolute atomic E-state index is 0.113. The molecule has 0 aliphatic carbocycles. The van der Waals surface area contributed by atoms with Crippen molar-refractivity contribution in [2.75, 3.05) is 13.2 Å². The van der Waals surface area contributed by atoms with E-state index in [9.17, 15) is 9.59 Å². The number of rotatable bonds is 10. The standard InChI is InChI=1S/C25H34N2O3/c1-18(2)15-26-25(29)20(5)27(16-21-11-7-6-8-12-21)24(28)17-30-23-14-10-9-13-22(23)19(3)4/h6-14,18-20H,15-17H2,1-5H3,(H,26,29)/t20-/m1/s1. The number of nitrogens with zero attached hydrogens (tertiary/aromatic N) is 1. The maximum atomic E-state index is 13.1. The van der Waals surface area contributed by atoms with Gasteiger partial charge in [-0.15, -0.1) is 0 Å². The molecule has 0 spiro atoms. The van der Waals surface area contributed by atoms with Gasteiger partial charge < -0.3 is 15.0 Å². The van der Waals surface area contributed by atoms with Crippen molar-refractivity contribution in [3.05, 3.63) is 65.7 Å². The third kappa shape index (κ3) is 6.90. The van der Waals surface area contributed by atoms with Gasteiger partial charge in [0.05, 0.1) is 0 Å². The molecule has 2 aromatic rings.